The second-order valence-electron chi connectivity index (χ2n) is 4.27. The average molecular weight is 234 g/mol. The van der Waals surface area contributed by atoms with E-state index in [0.717, 1.165) is 0 Å². The Hall–Kier alpha value is -1.37. The molecule has 0 aliphatic carbocycles. The summed E-state index contributed by atoms with van der Waals surface area (Å²) in [5.41, 5.74) is -1.67. The van der Waals surface area contributed by atoms with Crippen LogP contribution in [0.25, 0.3) is 0 Å². The van der Waals surface area contributed by atoms with Crippen LogP contribution in [0.2, 0.25) is 0 Å². The lowest BCUT2D eigenvalue weighted by atomic mass is 9.95. The molecule has 0 aromatic rings. The van der Waals surface area contributed by atoms with Crippen molar-refractivity contribution in [2.75, 3.05) is 27.2 Å². The van der Waals surface area contributed by atoms with Gasteiger partial charge in [-0.05, 0) is 14.1 Å². The molecule has 0 aromatic heterocycles. The molecule has 92 valence electrons. The van der Waals surface area contributed by atoms with E-state index in [4.69, 9.17) is 10.2 Å². The summed E-state index contributed by atoms with van der Waals surface area (Å²) in [4.78, 5) is 24.4. The molecule has 1 aliphatic rings. The number of nitrogens with zero attached hydrogens (tertiary/aromatic N) is 2. The summed E-state index contributed by atoms with van der Waals surface area (Å²) in [5, 5.41) is 18.1. The molecule has 2 atom stereocenters. The lowest BCUT2D eigenvalue weighted by Crippen LogP contribution is -2.58. The zero-order chi connectivity index (χ0) is 12.5. The minimum absolute atomic E-state index is 0.0327. The molecule has 1 amide bonds. The highest BCUT2D eigenvalue weighted by atomic mass is 19.1. The van der Waals surface area contributed by atoms with Gasteiger partial charge in [0.1, 0.15) is 6.17 Å². The fraction of sp³-hybridized carbons (Fsp3) is 0.778. The fourth-order valence-corrected chi connectivity index (χ4v) is 2.12. The van der Waals surface area contributed by atoms with Crippen LogP contribution in [0.1, 0.15) is 6.42 Å². The third kappa shape index (κ3) is 2.08. The van der Waals surface area contributed by atoms with Gasteiger partial charge in [-0.2, -0.15) is 0 Å². The summed E-state index contributed by atoms with van der Waals surface area (Å²) >= 11 is 0. The number of rotatable bonds is 3. The Morgan fingerprint density at radius 3 is 2.44 bits per heavy atom. The van der Waals surface area contributed by atoms with Crippen molar-refractivity contribution in [3.05, 3.63) is 0 Å². The first-order valence-electron chi connectivity index (χ1n) is 4.82. The van der Waals surface area contributed by atoms with Crippen molar-refractivity contribution in [2.24, 2.45) is 0 Å². The minimum atomic E-state index is -1.67. The smallest absolute Gasteiger partial charge is 0.408 e. The van der Waals surface area contributed by atoms with Crippen LogP contribution >= 0.6 is 0 Å². The molecule has 1 aliphatic heterocycles. The van der Waals surface area contributed by atoms with Crippen molar-refractivity contribution in [3.63, 3.8) is 0 Å². The predicted octanol–water partition coefficient (Wildman–Crippen LogP) is 0.0932. The van der Waals surface area contributed by atoms with E-state index in [0.29, 0.717) is 4.90 Å². The Kier molecular flexibility index (Phi) is 3.37. The second-order valence-corrected chi connectivity index (χ2v) is 4.27. The molecule has 16 heavy (non-hydrogen) atoms. The molecule has 0 aromatic carbocycles. The van der Waals surface area contributed by atoms with Gasteiger partial charge in [-0.25, -0.2) is 14.0 Å². The number of aliphatic carboxylic acids is 1. The van der Waals surface area contributed by atoms with Crippen LogP contribution in [0, 0.1) is 0 Å². The van der Waals surface area contributed by atoms with Crippen molar-refractivity contribution >= 4 is 12.1 Å². The largest absolute Gasteiger partial charge is 0.479 e. The first kappa shape index (κ1) is 12.7. The Balaban J connectivity index is 3.06. The number of carboxylic acid groups (broad SMARTS) is 2. The van der Waals surface area contributed by atoms with Gasteiger partial charge in [0.2, 0.25) is 0 Å². The minimum Gasteiger partial charge on any atom is -0.479 e. The van der Waals surface area contributed by atoms with Gasteiger partial charge >= 0.3 is 12.1 Å². The number of carbonyl (C=O) groups is 2. The summed E-state index contributed by atoms with van der Waals surface area (Å²) in [7, 11) is 3.24. The van der Waals surface area contributed by atoms with Gasteiger partial charge in [0.05, 0.1) is 6.54 Å². The van der Waals surface area contributed by atoms with Gasteiger partial charge in [0.25, 0.3) is 0 Å². The van der Waals surface area contributed by atoms with Crippen molar-refractivity contribution in [3.8, 4) is 0 Å². The number of likely N-dealkylation sites (N-methyl/N-ethyl adjacent to an activating group) is 1. The van der Waals surface area contributed by atoms with Crippen molar-refractivity contribution in [1.29, 1.82) is 0 Å². The van der Waals surface area contributed by atoms with Crippen LogP contribution in [-0.4, -0.2) is 71.0 Å². The molecule has 1 heterocycles. The summed E-state index contributed by atoms with van der Waals surface area (Å²) in [6.07, 6.45) is -3.12. The number of amides is 1. The van der Waals surface area contributed by atoms with Crippen LogP contribution < -0.4 is 0 Å². The molecule has 7 heteroatoms. The summed E-state index contributed by atoms with van der Waals surface area (Å²) in [6.45, 7) is -0.412. The summed E-state index contributed by atoms with van der Waals surface area (Å²) in [5.74, 6) is -1.30. The topological polar surface area (TPSA) is 81.1 Å². The fourth-order valence-electron chi connectivity index (χ4n) is 2.12. The molecule has 1 saturated heterocycles. The van der Waals surface area contributed by atoms with E-state index in [9.17, 15) is 14.0 Å². The third-order valence-corrected chi connectivity index (χ3v) is 2.66. The molecule has 1 fully saturated rings. The predicted molar refractivity (Wildman–Crippen MR) is 53.2 cm³/mol. The molecule has 0 radical (unpaired) electrons. The third-order valence-electron chi connectivity index (χ3n) is 2.66. The molecule has 0 saturated carbocycles. The van der Waals surface area contributed by atoms with Crippen LogP contribution in [0.4, 0.5) is 9.18 Å². The molecule has 0 spiro atoms. The highest BCUT2D eigenvalue weighted by Crippen LogP contribution is 2.32. The van der Waals surface area contributed by atoms with Gasteiger partial charge in [-0.3, -0.25) is 4.90 Å². The first-order valence-corrected chi connectivity index (χ1v) is 4.82. The number of halogens is 1. The Labute approximate surface area is 92.2 Å². The Morgan fingerprint density at radius 2 is 2.06 bits per heavy atom. The summed E-state index contributed by atoms with van der Waals surface area (Å²) in [6, 6.07) is 0. The second kappa shape index (κ2) is 4.25. The number of alkyl halides is 1. The quantitative estimate of drug-likeness (QED) is 0.723. The van der Waals surface area contributed by atoms with E-state index < -0.39 is 23.8 Å². The number of carboxylic acids is 1. The van der Waals surface area contributed by atoms with Crippen LogP contribution in [0.3, 0.4) is 0 Å². The maximum atomic E-state index is 13.3. The van der Waals surface area contributed by atoms with E-state index in [1.807, 2.05) is 0 Å². The maximum Gasteiger partial charge on any atom is 0.408 e. The maximum absolute atomic E-state index is 13.3. The first-order chi connectivity index (χ1) is 7.29. The highest BCUT2D eigenvalue weighted by molar-refractivity contribution is 5.85. The van der Waals surface area contributed by atoms with E-state index >= 15 is 0 Å². The standard InChI is InChI=1S/C9H15FN2O4/c1-11(2)5-9(7(13)14)3-6(10)4-12(9)8(15)16/h6H,3-5H2,1-2H3,(H,13,14)(H,15,16). The SMILES string of the molecule is CN(C)CC1(C(=O)O)CC(F)CN1C(=O)O. The van der Waals surface area contributed by atoms with Gasteiger partial charge in [-0.1, -0.05) is 0 Å². The molecule has 0 bridgehead atoms. The summed E-state index contributed by atoms with van der Waals surface area (Å²) < 4.78 is 13.3. The molecule has 6 nitrogen and oxygen atoms in total. The average Bonchev–Trinajstić information content (AvgIpc) is 2.42. The van der Waals surface area contributed by atoms with Crippen LogP contribution in [-0.2, 0) is 4.79 Å². The molecule has 1 rings (SSSR count). The van der Waals surface area contributed by atoms with Crippen LogP contribution in [0.15, 0.2) is 0 Å². The lowest BCUT2D eigenvalue weighted by Gasteiger charge is -2.34. The van der Waals surface area contributed by atoms with Gasteiger partial charge in [0.15, 0.2) is 5.54 Å². The molecular formula is C9H15FN2O4. The Morgan fingerprint density at radius 1 is 1.50 bits per heavy atom. The normalized spacial score (nSPS) is 29.8. The van der Waals surface area contributed by atoms with Crippen molar-refractivity contribution < 1.29 is 24.2 Å². The van der Waals surface area contributed by atoms with E-state index in [1.54, 1.807) is 19.0 Å². The zero-order valence-electron chi connectivity index (χ0n) is 9.18. The van der Waals surface area contributed by atoms with Crippen molar-refractivity contribution in [1.82, 2.24) is 9.80 Å². The number of hydrogen-bond donors (Lipinski definition) is 2. The van der Waals surface area contributed by atoms with Crippen molar-refractivity contribution in [2.45, 2.75) is 18.1 Å². The van der Waals surface area contributed by atoms with Gasteiger partial charge < -0.3 is 15.1 Å². The molecule has 2 N–H and O–H groups in total. The number of hydrogen-bond acceptors (Lipinski definition) is 3. The number of likely N-dealkylation sites (tertiary alicyclic amines) is 1. The molecule has 2 unspecified atom stereocenters. The van der Waals surface area contributed by atoms with E-state index in [2.05, 4.69) is 0 Å². The lowest BCUT2D eigenvalue weighted by molar-refractivity contribution is -0.149. The van der Waals surface area contributed by atoms with Gasteiger partial charge in [-0.15, -0.1) is 0 Å². The van der Waals surface area contributed by atoms with E-state index in [-0.39, 0.29) is 19.5 Å². The van der Waals surface area contributed by atoms with E-state index in [1.165, 1.54) is 0 Å². The van der Waals surface area contributed by atoms with Gasteiger partial charge in [0, 0.05) is 13.0 Å². The van der Waals surface area contributed by atoms with Crippen LogP contribution in [0.5, 0.6) is 0 Å². The zero-order valence-corrected chi connectivity index (χ0v) is 9.18. The highest BCUT2D eigenvalue weighted by Gasteiger charge is 2.54. The Bertz CT molecular complexity index is 310. The molecular weight excluding hydrogens is 219 g/mol. The monoisotopic (exact) mass is 234 g/mol.